The van der Waals surface area contributed by atoms with E-state index in [9.17, 15) is 72.9 Å². The van der Waals surface area contributed by atoms with E-state index in [4.69, 9.17) is 24.3 Å². The number of aromatic nitrogens is 4. The van der Waals surface area contributed by atoms with Gasteiger partial charge in [0.1, 0.15) is 42.4 Å². The fourth-order valence-electron chi connectivity index (χ4n) is 5.63. The average Bonchev–Trinajstić information content (AvgIpc) is 3.77. The Bertz CT molecular complexity index is 2320. The van der Waals surface area contributed by atoms with Crippen LogP contribution in [0, 0.1) is 5.41 Å². The molecule has 0 saturated carbocycles. The molecule has 12 N–H and O–H groups in total. The molecule has 0 radical (unpaired) electrons. The lowest BCUT2D eigenvalue weighted by atomic mass is 9.87. The number of phosphoric ester groups is 3. The Morgan fingerprint density at radius 3 is 2.38 bits per heavy atom. The zero-order valence-electron chi connectivity index (χ0n) is 33.8. The number of ether oxygens (including phenoxy) is 2. The summed E-state index contributed by atoms with van der Waals surface area (Å²) < 4.78 is 67.1. The Kier molecular flexibility index (Phi) is 18.1. The van der Waals surface area contributed by atoms with Gasteiger partial charge in [-0.3, -0.25) is 37.3 Å². The number of nitrogens with two attached hydrogens (primary N) is 1. The number of rotatable bonds is 24. The maximum absolute atomic E-state index is 12.7. The number of imidazole rings is 1. The smallest absolute Gasteiger partial charge is 0.481 e. The lowest BCUT2D eigenvalue weighted by Crippen LogP contribution is -2.46. The molecule has 2 amide bonds. The van der Waals surface area contributed by atoms with Crippen LogP contribution in [0.4, 0.5) is 5.82 Å². The zero-order valence-corrected chi connectivity index (χ0v) is 37.3. The number of fused-ring (bicyclic) bond motifs is 1. The van der Waals surface area contributed by atoms with Gasteiger partial charge in [0, 0.05) is 36.2 Å². The number of nitrogen functional groups attached to an aromatic ring is 1. The monoisotopic (exact) mass is 989 g/mol. The predicted octanol–water partition coefficient (Wildman–Crippen LogP) is -0.987. The number of benzene rings is 1. The highest BCUT2D eigenvalue weighted by atomic mass is 32.2. The number of methoxy groups -OCH3 is 1. The molecule has 356 valence electrons. The van der Waals surface area contributed by atoms with Crippen LogP contribution in [0.5, 0.6) is 11.5 Å². The molecule has 3 heterocycles. The van der Waals surface area contributed by atoms with E-state index in [2.05, 4.69) is 34.4 Å². The van der Waals surface area contributed by atoms with E-state index in [1.165, 1.54) is 39.2 Å². The van der Waals surface area contributed by atoms with Crippen molar-refractivity contribution in [1.82, 2.24) is 30.2 Å². The third-order valence-electron chi connectivity index (χ3n) is 8.89. The number of nitrogens with one attached hydrogen (secondary N) is 2. The lowest BCUT2D eigenvalue weighted by molar-refractivity contribution is -0.137. The standard InChI is InChI=1S/C32H46N7O21P3S/c1-32(2,27(46)30(47)35-7-6-21(42)34-8-9-64-22(43)11-18(41)24(44)16-4-5-17(40)19(10-16)55-3)13-57-63(53,54)60-62(51,52)56-12-20-26(59-61(48,49)50)25(45)31(58-20)39-15-38-23-28(33)36-14-37-29(23)39/h4-5,10,14-15,18,20,25-27,31,40-41,45-46H,6-9,11-13H2,1-3H3,(H,34,42)(H,35,47)(H,51,52)(H,53,54)(H2,33,36,37)(H2,48,49,50)/t18?,20-,25-,26-,27+,31-/m1/s1. The Labute approximate surface area is 366 Å². The highest BCUT2D eigenvalue weighted by Gasteiger charge is 2.50. The van der Waals surface area contributed by atoms with Crippen molar-refractivity contribution < 1.29 is 100 Å². The first kappa shape index (κ1) is 52.6. The van der Waals surface area contributed by atoms with Crippen molar-refractivity contribution in [2.24, 2.45) is 5.41 Å². The molecule has 0 aliphatic carbocycles. The third-order valence-corrected chi connectivity index (χ3v) is 12.9. The Balaban J connectivity index is 1.18. The summed E-state index contributed by atoms with van der Waals surface area (Å²) in [4.78, 5) is 101. The molecule has 1 aromatic carbocycles. The van der Waals surface area contributed by atoms with Crippen LogP contribution in [0.2, 0.25) is 0 Å². The minimum Gasteiger partial charge on any atom is -0.504 e. The number of phenolic OH excluding ortho intramolecular Hbond substituents is 1. The van der Waals surface area contributed by atoms with Crippen molar-refractivity contribution in [3.05, 3.63) is 36.4 Å². The summed E-state index contributed by atoms with van der Waals surface area (Å²) in [6.45, 7) is 0.0188. The first-order valence-corrected chi connectivity index (χ1v) is 23.9. The number of aliphatic hydroxyl groups is 3. The topological polar surface area (TPSA) is 430 Å². The number of aliphatic hydroxyl groups excluding tert-OH is 3. The van der Waals surface area contributed by atoms with Gasteiger partial charge in [-0.25, -0.2) is 28.6 Å². The van der Waals surface area contributed by atoms with E-state index in [1.807, 2.05) is 0 Å². The number of amides is 2. The van der Waals surface area contributed by atoms with Crippen molar-refractivity contribution in [2.75, 3.05) is 44.9 Å². The number of hydrogen-bond donors (Lipinski definition) is 11. The van der Waals surface area contributed by atoms with Gasteiger partial charge in [-0.05, 0) is 18.2 Å². The summed E-state index contributed by atoms with van der Waals surface area (Å²) in [7, 11) is -15.2. The number of thioether (sulfide) groups is 1. The first-order valence-electron chi connectivity index (χ1n) is 18.4. The molecule has 2 aromatic heterocycles. The average molecular weight is 990 g/mol. The minimum absolute atomic E-state index is 0.00514. The fourth-order valence-corrected chi connectivity index (χ4v) is 9.16. The molecule has 0 spiro atoms. The number of hydrogen-bond acceptors (Lipinski definition) is 22. The molecule has 1 aliphatic heterocycles. The summed E-state index contributed by atoms with van der Waals surface area (Å²) in [5.74, 6) is -2.58. The molecule has 4 rings (SSSR count). The molecule has 28 nitrogen and oxygen atoms in total. The van der Waals surface area contributed by atoms with Gasteiger partial charge < -0.3 is 65.8 Å². The summed E-state index contributed by atoms with van der Waals surface area (Å²) in [5.41, 5.74) is 4.18. The Morgan fingerprint density at radius 1 is 1.02 bits per heavy atom. The second-order valence-corrected chi connectivity index (χ2v) is 19.6. The van der Waals surface area contributed by atoms with Gasteiger partial charge in [0.25, 0.3) is 0 Å². The van der Waals surface area contributed by atoms with Gasteiger partial charge in [-0.15, -0.1) is 0 Å². The molecular formula is C32H46N7O21P3S. The highest BCUT2D eigenvalue weighted by Crippen LogP contribution is 2.61. The van der Waals surface area contributed by atoms with Crippen molar-refractivity contribution >= 4 is 74.9 Å². The summed E-state index contributed by atoms with van der Waals surface area (Å²) in [6, 6.07) is 3.68. The second-order valence-electron chi connectivity index (χ2n) is 14.3. The number of nitrogens with zero attached hydrogens (tertiary/aromatic N) is 4. The molecule has 64 heavy (non-hydrogen) atoms. The molecule has 1 fully saturated rings. The molecule has 1 saturated heterocycles. The van der Waals surface area contributed by atoms with Crippen molar-refractivity contribution in [3.63, 3.8) is 0 Å². The number of anilines is 1. The number of aromatic hydroxyl groups is 1. The summed E-state index contributed by atoms with van der Waals surface area (Å²) in [6.07, 6.45) is -9.42. The van der Waals surface area contributed by atoms with Crippen LogP contribution in [-0.4, -0.2) is 152 Å². The lowest BCUT2D eigenvalue weighted by Gasteiger charge is -2.30. The maximum atomic E-state index is 12.7. The van der Waals surface area contributed by atoms with Gasteiger partial charge in [-0.1, -0.05) is 25.6 Å². The van der Waals surface area contributed by atoms with Gasteiger partial charge in [0.15, 0.2) is 40.1 Å². The molecule has 3 aromatic rings. The number of phosphoric acid groups is 3. The van der Waals surface area contributed by atoms with E-state index >= 15 is 0 Å². The van der Waals surface area contributed by atoms with Gasteiger partial charge >= 0.3 is 23.5 Å². The van der Waals surface area contributed by atoms with Crippen LogP contribution < -0.4 is 21.1 Å². The zero-order chi connectivity index (χ0) is 47.8. The largest absolute Gasteiger partial charge is 0.504 e. The van der Waals surface area contributed by atoms with Crippen LogP contribution in [0.25, 0.3) is 11.2 Å². The van der Waals surface area contributed by atoms with E-state index in [-0.39, 0.29) is 59.3 Å². The number of phenols is 1. The predicted molar refractivity (Wildman–Crippen MR) is 217 cm³/mol. The molecule has 8 atom stereocenters. The van der Waals surface area contributed by atoms with Crippen molar-refractivity contribution in [1.29, 1.82) is 0 Å². The fraction of sp³-hybridized carbons (Fsp3) is 0.531. The quantitative estimate of drug-likeness (QED) is 0.0292. The Hall–Kier alpha value is -3.99. The van der Waals surface area contributed by atoms with Gasteiger partial charge in [0.05, 0.1) is 33.1 Å². The first-order chi connectivity index (χ1) is 29.7. The third kappa shape index (κ3) is 14.8. The number of ketones is 1. The molecule has 3 unspecified atom stereocenters. The number of carbonyl (C=O) groups is 4. The normalized spacial score (nSPS) is 20.8. The van der Waals surface area contributed by atoms with E-state index in [1.54, 1.807) is 0 Å². The molecular weight excluding hydrogens is 943 g/mol. The van der Waals surface area contributed by atoms with Crippen molar-refractivity contribution in [2.45, 2.75) is 63.4 Å². The summed E-state index contributed by atoms with van der Waals surface area (Å²) >= 11 is 0.744. The van der Waals surface area contributed by atoms with Crippen LogP contribution in [0.15, 0.2) is 30.9 Å². The van der Waals surface area contributed by atoms with Crippen LogP contribution >= 0.6 is 35.2 Å². The SMILES string of the molecule is COc1cc(C(=O)C(O)CC(=O)SCCNC(=O)CCNC(=O)[C@H](O)C(C)(C)COP(=O)(O)OP(=O)(O)OC[C@H]2O[C@@H](n3cnc4c(N)ncnc43)[C@H](O)[C@@H]2OP(=O)(O)O)ccc1O. The number of carbonyl (C=O) groups excluding carboxylic acids is 4. The second kappa shape index (κ2) is 22.0. The van der Waals surface area contributed by atoms with E-state index in [0.29, 0.717) is 0 Å². The van der Waals surface area contributed by atoms with Crippen LogP contribution in [-0.2, 0) is 50.7 Å². The molecule has 0 bridgehead atoms. The van der Waals surface area contributed by atoms with E-state index < -0.39 is 108 Å². The van der Waals surface area contributed by atoms with Crippen molar-refractivity contribution in [3.8, 4) is 11.5 Å². The van der Waals surface area contributed by atoms with Gasteiger partial charge in [-0.2, -0.15) is 4.31 Å². The maximum Gasteiger partial charge on any atom is 0.481 e. The van der Waals surface area contributed by atoms with E-state index in [0.717, 1.165) is 29.0 Å². The minimum atomic E-state index is -5.61. The van der Waals surface area contributed by atoms with Crippen LogP contribution in [0.3, 0.4) is 0 Å². The Morgan fingerprint density at radius 2 is 1.70 bits per heavy atom. The number of Topliss-reactive ketones (excluding diaryl/α,β-unsaturated/α-hetero) is 1. The highest BCUT2D eigenvalue weighted by molar-refractivity contribution is 8.13. The molecule has 1 aliphatic rings. The van der Waals surface area contributed by atoms with Gasteiger partial charge in [0.2, 0.25) is 11.8 Å². The molecule has 32 heteroatoms. The van der Waals surface area contributed by atoms with Crippen LogP contribution in [0.1, 0.15) is 43.3 Å². The summed E-state index contributed by atoms with van der Waals surface area (Å²) in [5, 5.41) is 45.6.